The van der Waals surface area contributed by atoms with E-state index < -0.39 is 12.1 Å². The molecule has 11 heteroatoms. The van der Waals surface area contributed by atoms with Crippen LogP contribution in [0.2, 0.25) is 0 Å². The Hall–Kier alpha value is -3.08. The number of anilines is 1. The normalized spacial score (nSPS) is 19.4. The Morgan fingerprint density at radius 2 is 1.71 bits per heavy atom. The monoisotopic (exact) mass is 493 g/mol. The first-order chi connectivity index (χ1) is 16.6. The predicted molar refractivity (Wildman–Crippen MR) is 123 cm³/mol. The third-order valence-corrected chi connectivity index (χ3v) is 7.19. The van der Waals surface area contributed by atoms with Crippen molar-refractivity contribution in [3.8, 4) is 0 Å². The van der Waals surface area contributed by atoms with Crippen molar-refractivity contribution < 1.29 is 27.9 Å². The number of imidazole rings is 1. The molecule has 35 heavy (non-hydrogen) atoms. The Morgan fingerprint density at radius 1 is 1.09 bits per heavy atom. The zero-order valence-corrected chi connectivity index (χ0v) is 19.7. The van der Waals surface area contributed by atoms with Crippen LogP contribution in [0.4, 0.5) is 23.7 Å². The van der Waals surface area contributed by atoms with E-state index >= 15 is 0 Å². The van der Waals surface area contributed by atoms with E-state index in [2.05, 4.69) is 50.7 Å². The minimum absolute atomic E-state index is 0.106. The van der Waals surface area contributed by atoms with Gasteiger partial charge in [0.25, 0.3) is 0 Å². The predicted octanol–water partition coefficient (Wildman–Crippen LogP) is 3.62. The largest absolute Gasteiger partial charge is 0.490 e. The minimum Gasteiger partial charge on any atom is -0.475 e. The molecule has 0 unspecified atom stereocenters. The van der Waals surface area contributed by atoms with Crippen LogP contribution in [0.1, 0.15) is 36.9 Å². The van der Waals surface area contributed by atoms with Crippen molar-refractivity contribution in [2.24, 2.45) is 7.05 Å². The maximum absolute atomic E-state index is 13.2. The summed E-state index contributed by atoms with van der Waals surface area (Å²) in [5.74, 6) is -2.76. The van der Waals surface area contributed by atoms with Gasteiger partial charge in [-0.05, 0) is 50.4 Å². The van der Waals surface area contributed by atoms with E-state index in [0.717, 1.165) is 70.6 Å². The van der Waals surface area contributed by atoms with E-state index in [0.29, 0.717) is 0 Å². The number of urea groups is 1. The zero-order chi connectivity index (χ0) is 25.2. The lowest BCUT2D eigenvalue weighted by atomic mass is 9.74. The molecule has 1 aromatic carbocycles. The van der Waals surface area contributed by atoms with Gasteiger partial charge in [-0.1, -0.05) is 18.2 Å². The Morgan fingerprint density at radius 3 is 2.29 bits per heavy atom. The summed E-state index contributed by atoms with van der Waals surface area (Å²) in [4.78, 5) is 32.9. The van der Waals surface area contributed by atoms with E-state index in [1.165, 1.54) is 11.3 Å². The van der Waals surface area contributed by atoms with Gasteiger partial charge in [-0.3, -0.25) is 9.80 Å². The Balaban J connectivity index is 0.000000364. The number of carboxylic acids is 1. The van der Waals surface area contributed by atoms with Gasteiger partial charge in [0.05, 0.1) is 12.0 Å². The summed E-state index contributed by atoms with van der Waals surface area (Å²) in [6.45, 7) is 5.72. The molecule has 1 aromatic heterocycles. The van der Waals surface area contributed by atoms with Crippen LogP contribution in [-0.4, -0.2) is 75.4 Å². The highest BCUT2D eigenvalue weighted by Crippen LogP contribution is 2.47. The molecule has 0 bridgehead atoms. The van der Waals surface area contributed by atoms with Crippen LogP contribution in [0.3, 0.4) is 0 Å². The molecule has 1 N–H and O–H groups in total. The van der Waals surface area contributed by atoms with Gasteiger partial charge in [-0.2, -0.15) is 13.2 Å². The summed E-state index contributed by atoms with van der Waals surface area (Å²) in [7, 11) is 2.06. The number of carbonyl (C=O) groups is 2. The first-order valence-electron chi connectivity index (χ1n) is 11.7. The SMILES string of the molecule is Cn1cncc1CN1CCC2(CC1)CN(C(=O)N1CCCC1)c1ccccc12.O=C(O)C(F)(F)F. The lowest BCUT2D eigenvalue weighted by Crippen LogP contribution is -2.48. The van der Waals surface area contributed by atoms with Gasteiger partial charge in [0.1, 0.15) is 0 Å². The molecule has 2 fully saturated rings. The number of hydrogen-bond acceptors (Lipinski definition) is 4. The summed E-state index contributed by atoms with van der Waals surface area (Å²) in [6, 6.07) is 8.80. The molecule has 3 aliphatic heterocycles. The average molecular weight is 494 g/mol. The van der Waals surface area contributed by atoms with Gasteiger partial charge < -0.3 is 14.6 Å². The second kappa shape index (κ2) is 9.88. The molecule has 4 heterocycles. The fourth-order valence-electron chi connectivity index (χ4n) is 5.21. The number of para-hydroxylation sites is 1. The van der Waals surface area contributed by atoms with Gasteiger partial charge in [0.2, 0.25) is 0 Å². The summed E-state index contributed by atoms with van der Waals surface area (Å²) >= 11 is 0. The number of likely N-dealkylation sites (tertiary alicyclic amines) is 2. The van der Waals surface area contributed by atoms with Crippen LogP contribution in [-0.2, 0) is 23.8 Å². The molecule has 5 rings (SSSR count). The molecule has 2 amide bonds. The van der Waals surface area contributed by atoms with Crippen LogP contribution in [0.5, 0.6) is 0 Å². The van der Waals surface area contributed by atoms with E-state index in [1.54, 1.807) is 0 Å². The van der Waals surface area contributed by atoms with Gasteiger partial charge in [-0.25, -0.2) is 14.6 Å². The number of piperidine rings is 1. The standard InChI is InChI=1S/C22H29N5O.C2HF3O2/c1-24-17-23-14-18(24)15-25-12-8-22(9-13-25)16-27(20-7-3-2-6-19(20)22)21(28)26-10-4-5-11-26;3-2(4,5)1(6)7/h2-3,6-7,14,17H,4-5,8-13,15-16H2,1H3;(H,6,7). The Bertz CT molecular complexity index is 1060. The molecular formula is C24H30F3N5O3. The van der Waals surface area contributed by atoms with Crippen molar-refractivity contribution >= 4 is 17.7 Å². The number of aryl methyl sites for hydroxylation is 1. The minimum atomic E-state index is -5.08. The number of aliphatic carboxylic acids is 1. The maximum Gasteiger partial charge on any atom is 0.490 e. The molecule has 0 atom stereocenters. The van der Waals surface area contributed by atoms with Crippen LogP contribution < -0.4 is 4.90 Å². The molecule has 0 saturated carbocycles. The third kappa shape index (κ3) is 5.29. The molecule has 2 saturated heterocycles. The second-order valence-corrected chi connectivity index (χ2v) is 9.44. The Labute approximate surface area is 201 Å². The van der Waals surface area contributed by atoms with E-state index in [9.17, 15) is 18.0 Å². The number of alkyl halides is 3. The number of rotatable bonds is 2. The van der Waals surface area contributed by atoms with Gasteiger partial charge >= 0.3 is 18.2 Å². The number of halogens is 3. The topological polar surface area (TPSA) is 81.9 Å². The van der Waals surface area contributed by atoms with Crippen LogP contribution in [0, 0.1) is 0 Å². The molecule has 0 aliphatic carbocycles. The smallest absolute Gasteiger partial charge is 0.475 e. The van der Waals surface area contributed by atoms with Crippen LogP contribution in [0.15, 0.2) is 36.8 Å². The highest BCUT2D eigenvalue weighted by molar-refractivity contribution is 5.95. The average Bonchev–Trinajstić information content (AvgIpc) is 3.56. The Kier molecular flexibility index (Phi) is 7.07. The second-order valence-electron chi connectivity index (χ2n) is 9.44. The molecular weight excluding hydrogens is 463 g/mol. The molecule has 2 aromatic rings. The fraction of sp³-hybridized carbons (Fsp3) is 0.542. The van der Waals surface area contributed by atoms with Crippen molar-refractivity contribution in [2.75, 3.05) is 37.6 Å². The van der Waals surface area contributed by atoms with Crippen molar-refractivity contribution in [3.63, 3.8) is 0 Å². The molecule has 0 radical (unpaired) electrons. The summed E-state index contributed by atoms with van der Waals surface area (Å²) in [5.41, 5.74) is 3.88. The summed E-state index contributed by atoms with van der Waals surface area (Å²) in [6.07, 6.45) is 3.23. The number of fused-ring (bicyclic) bond motifs is 2. The number of amides is 2. The lowest BCUT2D eigenvalue weighted by molar-refractivity contribution is -0.192. The quantitative estimate of drug-likeness (QED) is 0.691. The first kappa shape index (κ1) is 25.0. The fourth-order valence-corrected chi connectivity index (χ4v) is 5.21. The maximum atomic E-state index is 13.2. The number of nitrogens with zero attached hydrogens (tertiary/aromatic N) is 5. The van der Waals surface area contributed by atoms with Crippen molar-refractivity contribution in [1.29, 1.82) is 0 Å². The highest BCUT2D eigenvalue weighted by Gasteiger charge is 2.47. The molecule has 3 aliphatic rings. The van der Waals surface area contributed by atoms with Crippen molar-refractivity contribution in [3.05, 3.63) is 48.0 Å². The number of aromatic nitrogens is 2. The van der Waals surface area contributed by atoms with Gasteiger partial charge in [0, 0.05) is 50.5 Å². The number of carbonyl (C=O) groups excluding carboxylic acids is 1. The molecule has 8 nitrogen and oxygen atoms in total. The highest BCUT2D eigenvalue weighted by atomic mass is 19.4. The molecule has 1 spiro atoms. The zero-order valence-electron chi connectivity index (χ0n) is 19.7. The molecule has 190 valence electrons. The van der Waals surface area contributed by atoms with E-state index in [4.69, 9.17) is 9.90 Å². The van der Waals surface area contributed by atoms with Crippen molar-refractivity contribution in [2.45, 2.75) is 43.8 Å². The van der Waals surface area contributed by atoms with Crippen LogP contribution in [0.25, 0.3) is 0 Å². The van der Waals surface area contributed by atoms with Gasteiger partial charge in [-0.15, -0.1) is 0 Å². The number of benzene rings is 1. The van der Waals surface area contributed by atoms with Gasteiger partial charge in [0.15, 0.2) is 0 Å². The first-order valence-corrected chi connectivity index (χ1v) is 11.7. The summed E-state index contributed by atoms with van der Waals surface area (Å²) in [5, 5.41) is 7.12. The summed E-state index contributed by atoms with van der Waals surface area (Å²) < 4.78 is 33.8. The third-order valence-electron chi connectivity index (χ3n) is 7.19. The van der Waals surface area contributed by atoms with E-state index in [1.807, 2.05) is 17.4 Å². The number of carboxylic acid groups (broad SMARTS) is 1. The lowest BCUT2D eigenvalue weighted by Gasteiger charge is -2.40. The van der Waals surface area contributed by atoms with E-state index in [-0.39, 0.29) is 11.4 Å². The van der Waals surface area contributed by atoms with Crippen LogP contribution >= 0.6 is 0 Å². The number of hydrogen-bond donors (Lipinski definition) is 1. The van der Waals surface area contributed by atoms with Crippen molar-refractivity contribution in [1.82, 2.24) is 19.4 Å².